The summed E-state index contributed by atoms with van der Waals surface area (Å²) in [6, 6.07) is 19.2. The minimum atomic E-state index is -3.75. The number of hydrogen-bond acceptors (Lipinski definition) is 4. The van der Waals surface area contributed by atoms with Crippen molar-refractivity contribution in [2.75, 3.05) is 10.0 Å². The van der Waals surface area contributed by atoms with E-state index in [4.69, 9.17) is 4.74 Å². The first-order valence-corrected chi connectivity index (χ1v) is 11.9. The van der Waals surface area contributed by atoms with E-state index in [9.17, 15) is 13.2 Å². The fraction of sp³-hybridized carbons (Fsp3) is 0.240. The number of carbonyl (C=O) groups is 1. The molecule has 6 nitrogen and oxygen atoms in total. The van der Waals surface area contributed by atoms with Gasteiger partial charge in [-0.2, -0.15) is 0 Å². The van der Waals surface area contributed by atoms with E-state index in [2.05, 4.69) is 10.0 Å². The van der Waals surface area contributed by atoms with Gasteiger partial charge in [0.1, 0.15) is 5.75 Å². The molecule has 0 aliphatic rings. The zero-order valence-corrected chi connectivity index (χ0v) is 19.5. The number of para-hydroxylation sites is 1. The van der Waals surface area contributed by atoms with Gasteiger partial charge in [-0.25, -0.2) is 8.42 Å². The number of benzene rings is 3. The second-order valence-electron chi connectivity index (χ2n) is 7.72. The lowest BCUT2D eigenvalue weighted by Crippen LogP contribution is -2.32. The largest absolute Gasteiger partial charge is 0.480 e. The van der Waals surface area contributed by atoms with Crippen LogP contribution >= 0.6 is 0 Å². The molecule has 0 aliphatic heterocycles. The third kappa shape index (κ3) is 5.68. The summed E-state index contributed by atoms with van der Waals surface area (Å²) >= 11 is 0. The molecule has 0 bridgehead atoms. The molecule has 0 aliphatic carbocycles. The van der Waals surface area contributed by atoms with Crippen LogP contribution in [0.15, 0.2) is 71.6 Å². The van der Waals surface area contributed by atoms with Gasteiger partial charge >= 0.3 is 0 Å². The molecule has 3 aromatic rings. The molecule has 0 aromatic heterocycles. The molecular weight excluding hydrogens is 424 g/mol. The van der Waals surface area contributed by atoms with Gasteiger partial charge in [0.05, 0.1) is 10.6 Å². The van der Waals surface area contributed by atoms with Crippen LogP contribution in [0.3, 0.4) is 0 Å². The minimum absolute atomic E-state index is 0.111. The molecule has 168 valence electrons. The van der Waals surface area contributed by atoms with Gasteiger partial charge in [-0.1, -0.05) is 37.3 Å². The van der Waals surface area contributed by atoms with Crippen LogP contribution in [0.5, 0.6) is 5.75 Å². The first-order chi connectivity index (χ1) is 15.2. The number of rotatable bonds is 8. The second kappa shape index (κ2) is 9.87. The highest BCUT2D eigenvalue weighted by atomic mass is 32.2. The van der Waals surface area contributed by atoms with Crippen molar-refractivity contribution >= 4 is 27.3 Å². The van der Waals surface area contributed by atoms with Crippen molar-refractivity contribution in [3.63, 3.8) is 0 Å². The molecule has 32 heavy (non-hydrogen) atoms. The van der Waals surface area contributed by atoms with E-state index in [0.717, 1.165) is 16.7 Å². The molecule has 1 atom stereocenters. The fourth-order valence-corrected chi connectivity index (χ4v) is 4.28. The fourth-order valence-electron chi connectivity index (χ4n) is 3.15. The molecule has 7 heteroatoms. The van der Waals surface area contributed by atoms with Gasteiger partial charge in [0.2, 0.25) is 0 Å². The third-order valence-corrected chi connectivity index (χ3v) is 6.48. The zero-order valence-electron chi connectivity index (χ0n) is 18.7. The Morgan fingerprint density at radius 1 is 0.938 bits per heavy atom. The van der Waals surface area contributed by atoms with E-state index in [0.29, 0.717) is 23.5 Å². The van der Waals surface area contributed by atoms with Crippen LogP contribution in [-0.4, -0.2) is 20.4 Å². The Bertz CT molecular complexity index is 1200. The summed E-state index contributed by atoms with van der Waals surface area (Å²) in [4.78, 5) is 12.8. The number of amides is 1. The molecule has 0 unspecified atom stereocenters. The van der Waals surface area contributed by atoms with E-state index in [1.807, 2.05) is 64.1 Å². The van der Waals surface area contributed by atoms with Gasteiger partial charge in [0.25, 0.3) is 15.9 Å². The van der Waals surface area contributed by atoms with Gasteiger partial charge in [-0.05, 0) is 80.3 Å². The summed E-state index contributed by atoms with van der Waals surface area (Å²) < 4.78 is 34.0. The Balaban J connectivity index is 1.70. The van der Waals surface area contributed by atoms with Crippen molar-refractivity contribution in [3.8, 4) is 5.75 Å². The maximum atomic E-state index is 12.8. The quantitative estimate of drug-likeness (QED) is 0.491. The van der Waals surface area contributed by atoms with Crippen molar-refractivity contribution < 1.29 is 17.9 Å². The predicted octanol–water partition coefficient (Wildman–Crippen LogP) is 5.21. The van der Waals surface area contributed by atoms with Crippen LogP contribution in [-0.2, 0) is 14.8 Å². The molecule has 0 spiro atoms. The lowest BCUT2D eigenvalue weighted by molar-refractivity contribution is -0.122. The number of ether oxygens (including phenoxy) is 1. The Labute approximate surface area is 189 Å². The lowest BCUT2D eigenvalue weighted by Gasteiger charge is -2.18. The number of anilines is 2. The van der Waals surface area contributed by atoms with E-state index in [1.54, 1.807) is 18.2 Å². The van der Waals surface area contributed by atoms with Crippen molar-refractivity contribution in [2.24, 2.45) is 0 Å². The lowest BCUT2D eigenvalue weighted by atomic mass is 10.1. The van der Waals surface area contributed by atoms with Crippen molar-refractivity contribution in [3.05, 3.63) is 83.4 Å². The van der Waals surface area contributed by atoms with Crippen LogP contribution in [0, 0.1) is 20.8 Å². The van der Waals surface area contributed by atoms with Gasteiger partial charge in [0, 0.05) is 5.69 Å². The second-order valence-corrected chi connectivity index (χ2v) is 9.40. The average Bonchev–Trinajstić information content (AvgIpc) is 2.76. The number of nitrogens with one attached hydrogen (secondary N) is 2. The van der Waals surface area contributed by atoms with Crippen LogP contribution in [0.4, 0.5) is 11.4 Å². The summed E-state index contributed by atoms with van der Waals surface area (Å²) in [5.74, 6) is 0.369. The minimum Gasteiger partial charge on any atom is -0.480 e. The van der Waals surface area contributed by atoms with Gasteiger partial charge < -0.3 is 10.1 Å². The SMILES string of the molecule is CC[C@H](Oc1ccccc1C)C(=O)Nc1ccc(S(=O)(=O)Nc2cc(C)ccc2C)cc1. The number of hydrogen-bond donors (Lipinski definition) is 2. The monoisotopic (exact) mass is 452 g/mol. The Morgan fingerprint density at radius 2 is 1.62 bits per heavy atom. The van der Waals surface area contributed by atoms with Crippen LogP contribution in [0.25, 0.3) is 0 Å². The first-order valence-electron chi connectivity index (χ1n) is 10.4. The number of sulfonamides is 1. The molecular formula is C25H28N2O4S. The number of carbonyl (C=O) groups excluding carboxylic acids is 1. The standard InChI is InChI=1S/C25H28N2O4S/c1-5-23(31-24-9-7-6-8-19(24)4)25(28)26-20-12-14-21(15-13-20)32(29,30)27-22-16-17(2)10-11-18(22)3/h6-16,23,27H,5H2,1-4H3,(H,26,28)/t23-/m0/s1. The molecule has 0 radical (unpaired) electrons. The first kappa shape index (κ1) is 23.3. The molecule has 0 saturated carbocycles. The van der Waals surface area contributed by atoms with Gasteiger partial charge in [-0.3, -0.25) is 9.52 Å². The smallest absolute Gasteiger partial charge is 0.265 e. The van der Waals surface area contributed by atoms with E-state index in [-0.39, 0.29) is 10.8 Å². The van der Waals surface area contributed by atoms with E-state index in [1.165, 1.54) is 12.1 Å². The van der Waals surface area contributed by atoms with Crippen molar-refractivity contribution in [1.29, 1.82) is 0 Å². The van der Waals surface area contributed by atoms with Crippen LogP contribution < -0.4 is 14.8 Å². The van der Waals surface area contributed by atoms with Crippen LogP contribution in [0.1, 0.15) is 30.0 Å². The van der Waals surface area contributed by atoms with Crippen LogP contribution in [0.2, 0.25) is 0 Å². The predicted molar refractivity (Wildman–Crippen MR) is 128 cm³/mol. The normalized spacial score (nSPS) is 12.1. The van der Waals surface area contributed by atoms with E-state index >= 15 is 0 Å². The molecule has 3 aromatic carbocycles. The summed E-state index contributed by atoms with van der Waals surface area (Å²) in [6.07, 6.45) is -0.169. The molecule has 2 N–H and O–H groups in total. The topological polar surface area (TPSA) is 84.5 Å². The van der Waals surface area contributed by atoms with Gasteiger partial charge in [-0.15, -0.1) is 0 Å². The van der Waals surface area contributed by atoms with E-state index < -0.39 is 16.1 Å². The molecule has 0 heterocycles. The Morgan fingerprint density at radius 3 is 2.28 bits per heavy atom. The zero-order chi connectivity index (χ0) is 23.3. The Kier molecular flexibility index (Phi) is 7.20. The maximum Gasteiger partial charge on any atom is 0.265 e. The van der Waals surface area contributed by atoms with Crippen molar-refractivity contribution in [2.45, 2.75) is 45.1 Å². The highest BCUT2D eigenvalue weighted by Gasteiger charge is 2.20. The Hall–Kier alpha value is -3.32. The van der Waals surface area contributed by atoms with Crippen molar-refractivity contribution in [1.82, 2.24) is 0 Å². The molecule has 3 rings (SSSR count). The maximum absolute atomic E-state index is 12.8. The average molecular weight is 453 g/mol. The third-order valence-electron chi connectivity index (χ3n) is 5.10. The molecule has 1 amide bonds. The molecule has 0 fully saturated rings. The summed E-state index contributed by atoms with van der Waals surface area (Å²) in [6.45, 7) is 7.54. The van der Waals surface area contributed by atoms with Gasteiger partial charge in [0.15, 0.2) is 6.10 Å². The molecule has 0 saturated heterocycles. The highest BCUT2D eigenvalue weighted by Crippen LogP contribution is 2.23. The summed E-state index contributed by atoms with van der Waals surface area (Å²) in [7, 11) is -3.75. The number of aryl methyl sites for hydroxylation is 3. The highest BCUT2D eigenvalue weighted by molar-refractivity contribution is 7.92. The summed E-state index contributed by atoms with van der Waals surface area (Å²) in [5.41, 5.74) is 3.78. The summed E-state index contributed by atoms with van der Waals surface area (Å²) in [5, 5.41) is 2.80.